The van der Waals surface area contributed by atoms with Gasteiger partial charge in [0.1, 0.15) is 5.75 Å². The third kappa shape index (κ3) is 4.38. The van der Waals surface area contributed by atoms with E-state index < -0.39 is 5.92 Å². The van der Waals surface area contributed by atoms with Crippen LogP contribution in [0.1, 0.15) is 22.7 Å². The molecular formula is C30H29N3O3. The summed E-state index contributed by atoms with van der Waals surface area (Å²) in [6.07, 6.45) is 2.44. The molecule has 5 rings (SSSR count). The fraction of sp³-hybridized carbons (Fsp3) is 0.200. The Kier molecular flexibility index (Phi) is 6.34. The highest BCUT2D eigenvalue weighted by Gasteiger charge is 2.27. The van der Waals surface area contributed by atoms with Crippen molar-refractivity contribution in [3.63, 3.8) is 0 Å². The van der Waals surface area contributed by atoms with Gasteiger partial charge in [0.05, 0.1) is 37.2 Å². The number of rotatable bonds is 7. The summed E-state index contributed by atoms with van der Waals surface area (Å²) in [5.74, 6) is 0.0261. The number of esters is 1. The van der Waals surface area contributed by atoms with Crippen LogP contribution in [0.3, 0.4) is 0 Å². The minimum atomic E-state index is -0.480. The van der Waals surface area contributed by atoms with Crippen molar-refractivity contribution < 1.29 is 14.3 Å². The molecule has 1 unspecified atom stereocenters. The van der Waals surface area contributed by atoms with Crippen LogP contribution in [0.15, 0.2) is 85.1 Å². The summed E-state index contributed by atoms with van der Waals surface area (Å²) >= 11 is 0. The van der Waals surface area contributed by atoms with Crippen molar-refractivity contribution in [2.24, 2.45) is 7.05 Å². The maximum Gasteiger partial charge on any atom is 0.313 e. The van der Waals surface area contributed by atoms with Gasteiger partial charge in [0.15, 0.2) is 0 Å². The lowest BCUT2D eigenvalue weighted by molar-refractivity contribution is -0.142. The molecule has 0 aliphatic rings. The summed E-state index contributed by atoms with van der Waals surface area (Å²) < 4.78 is 14.6. The monoisotopic (exact) mass is 479 g/mol. The zero-order chi connectivity index (χ0) is 25.2. The maximum atomic E-state index is 13.0. The van der Waals surface area contributed by atoms with Crippen molar-refractivity contribution in [2.75, 3.05) is 14.2 Å². The van der Waals surface area contributed by atoms with Gasteiger partial charge in [-0.1, -0.05) is 48.0 Å². The maximum absolute atomic E-state index is 13.0. The van der Waals surface area contributed by atoms with Gasteiger partial charge in [0, 0.05) is 36.1 Å². The van der Waals surface area contributed by atoms with Crippen molar-refractivity contribution in [1.29, 1.82) is 0 Å². The summed E-state index contributed by atoms with van der Waals surface area (Å²) in [5.41, 5.74) is 6.94. The number of aromatic nitrogens is 3. The lowest BCUT2D eigenvalue weighted by Gasteiger charge is -2.13. The SMILES string of the molecule is COC(=O)C(Cc1cc(-c2ccc(C)cc2)n(-c2ccc(OC)cc2)n1)c1cn(C)c2ccccc12. The fourth-order valence-electron chi connectivity index (χ4n) is 4.70. The largest absolute Gasteiger partial charge is 0.497 e. The second-order valence-corrected chi connectivity index (χ2v) is 8.99. The number of benzene rings is 3. The van der Waals surface area contributed by atoms with Gasteiger partial charge < -0.3 is 14.0 Å². The van der Waals surface area contributed by atoms with Crippen molar-refractivity contribution in [3.05, 3.63) is 102 Å². The van der Waals surface area contributed by atoms with Crippen LogP contribution in [0.25, 0.3) is 27.8 Å². The molecule has 2 aromatic heterocycles. The number of carbonyl (C=O) groups is 1. The van der Waals surface area contributed by atoms with Crippen molar-refractivity contribution in [3.8, 4) is 22.7 Å². The number of ether oxygens (including phenoxy) is 2. The quantitative estimate of drug-likeness (QED) is 0.275. The van der Waals surface area contributed by atoms with E-state index in [9.17, 15) is 4.79 Å². The number of nitrogens with zero attached hydrogens (tertiary/aromatic N) is 3. The zero-order valence-corrected chi connectivity index (χ0v) is 20.9. The lowest BCUT2D eigenvalue weighted by atomic mass is 9.93. The molecule has 0 saturated carbocycles. The van der Waals surface area contributed by atoms with Gasteiger partial charge in [-0.3, -0.25) is 4.79 Å². The Balaban J connectivity index is 1.60. The first-order chi connectivity index (χ1) is 17.5. The fourth-order valence-corrected chi connectivity index (χ4v) is 4.70. The summed E-state index contributed by atoms with van der Waals surface area (Å²) in [5, 5.41) is 6.01. The molecule has 0 amide bonds. The topological polar surface area (TPSA) is 58.3 Å². The molecule has 0 spiro atoms. The van der Waals surface area contributed by atoms with Crippen LogP contribution in [-0.4, -0.2) is 34.5 Å². The van der Waals surface area contributed by atoms with E-state index in [0.717, 1.165) is 44.9 Å². The Bertz CT molecular complexity index is 1510. The molecule has 0 aliphatic heterocycles. The summed E-state index contributed by atoms with van der Waals surface area (Å²) in [6.45, 7) is 2.07. The van der Waals surface area contributed by atoms with E-state index in [1.54, 1.807) is 7.11 Å². The van der Waals surface area contributed by atoms with Gasteiger partial charge in [-0.2, -0.15) is 5.10 Å². The predicted molar refractivity (Wildman–Crippen MR) is 142 cm³/mol. The molecule has 0 aliphatic carbocycles. The summed E-state index contributed by atoms with van der Waals surface area (Å²) in [7, 11) is 5.08. The predicted octanol–water partition coefficient (Wildman–Crippen LogP) is 5.85. The number of carbonyl (C=O) groups excluding carboxylic acids is 1. The normalized spacial score (nSPS) is 12.0. The van der Waals surface area contributed by atoms with Crippen molar-refractivity contribution in [2.45, 2.75) is 19.3 Å². The standard InChI is InChI=1S/C30H29N3O3/c1-20-9-11-21(12-10-20)29-18-22(31-33(29)23-13-15-24(35-3)16-14-23)17-26(30(34)36-4)27-19-32(2)28-8-6-5-7-25(27)28/h5-16,18-19,26H,17H2,1-4H3. The van der Waals surface area contributed by atoms with Gasteiger partial charge in [-0.15, -0.1) is 0 Å². The highest BCUT2D eigenvalue weighted by atomic mass is 16.5. The Morgan fingerprint density at radius 3 is 2.39 bits per heavy atom. The average Bonchev–Trinajstić information content (AvgIpc) is 3.48. The molecule has 6 nitrogen and oxygen atoms in total. The van der Waals surface area contributed by atoms with Crippen LogP contribution in [0.5, 0.6) is 5.75 Å². The van der Waals surface area contributed by atoms with Gasteiger partial charge >= 0.3 is 5.97 Å². The molecule has 1 atom stereocenters. The minimum absolute atomic E-state index is 0.276. The number of para-hydroxylation sites is 1. The minimum Gasteiger partial charge on any atom is -0.497 e. The smallest absolute Gasteiger partial charge is 0.313 e. The Morgan fingerprint density at radius 1 is 0.972 bits per heavy atom. The van der Waals surface area contributed by atoms with Crippen LogP contribution in [0, 0.1) is 6.92 Å². The lowest BCUT2D eigenvalue weighted by Crippen LogP contribution is -2.17. The highest BCUT2D eigenvalue weighted by Crippen LogP contribution is 2.32. The average molecular weight is 480 g/mol. The third-order valence-corrected chi connectivity index (χ3v) is 6.63. The van der Waals surface area contributed by atoms with E-state index in [-0.39, 0.29) is 5.97 Å². The Hall–Kier alpha value is -4.32. The molecule has 0 saturated heterocycles. The third-order valence-electron chi connectivity index (χ3n) is 6.63. The van der Waals surface area contributed by atoms with Crippen molar-refractivity contribution in [1.82, 2.24) is 14.3 Å². The van der Waals surface area contributed by atoms with Crippen LogP contribution in [0.4, 0.5) is 0 Å². The Morgan fingerprint density at radius 2 is 1.69 bits per heavy atom. The van der Waals surface area contributed by atoms with E-state index in [0.29, 0.717) is 6.42 Å². The van der Waals surface area contributed by atoms with Gasteiger partial charge in [0.2, 0.25) is 0 Å². The molecule has 3 aromatic carbocycles. The van der Waals surface area contributed by atoms with E-state index in [1.165, 1.54) is 12.7 Å². The zero-order valence-electron chi connectivity index (χ0n) is 20.9. The van der Waals surface area contributed by atoms with Gasteiger partial charge in [-0.05, 0) is 48.9 Å². The van der Waals surface area contributed by atoms with Crippen LogP contribution < -0.4 is 4.74 Å². The van der Waals surface area contributed by atoms with Crippen LogP contribution >= 0.6 is 0 Å². The summed E-state index contributed by atoms with van der Waals surface area (Å²) in [4.78, 5) is 13.0. The molecule has 182 valence electrons. The van der Waals surface area contributed by atoms with Crippen LogP contribution in [0.2, 0.25) is 0 Å². The molecule has 36 heavy (non-hydrogen) atoms. The molecule has 0 N–H and O–H groups in total. The molecule has 5 aromatic rings. The van der Waals surface area contributed by atoms with Gasteiger partial charge in [-0.25, -0.2) is 4.68 Å². The number of methoxy groups -OCH3 is 2. The van der Waals surface area contributed by atoms with E-state index in [2.05, 4.69) is 43.3 Å². The number of hydrogen-bond acceptors (Lipinski definition) is 4. The summed E-state index contributed by atoms with van der Waals surface area (Å²) in [6, 6.07) is 26.3. The second kappa shape index (κ2) is 9.74. The first kappa shape index (κ1) is 23.4. The van der Waals surface area contributed by atoms with E-state index in [4.69, 9.17) is 14.6 Å². The Labute approximate surface area is 210 Å². The molecule has 0 bridgehead atoms. The van der Waals surface area contributed by atoms with E-state index in [1.807, 2.05) is 65.0 Å². The number of hydrogen-bond donors (Lipinski definition) is 0. The van der Waals surface area contributed by atoms with Gasteiger partial charge in [0.25, 0.3) is 0 Å². The molecule has 0 radical (unpaired) electrons. The van der Waals surface area contributed by atoms with Crippen molar-refractivity contribution >= 4 is 16.9 Å². The first-order valence-electron chi connectivity index (χ1n) is 11.9. The first-order valence-corrected chi connectivity index (χ1v) is 11.9. The molecular weight excluding hydrogens is 450 g/mol. The molecule has 2 heterocycles. The molecule has 6 heteroatoms. The number of fused-ring (bicyclic) bond motifs is 1. The van der Waals surface area contributed by atoms with E-state index >= 15 is 0 Å². The highest BCUT2D eigenvalue weighted by molar-refractivity contribution is 5.90. The number of aryl methyl sites for hydroxylation is 2. The second-order valence-electron chi connectivity index (χ2n) is 8.99. The molecule has 0 fully saturated rings. The van der Waals surface area contributed by atoms with Crippen LogP contribution in [-0.2, 0) is 23.0 Å².